The Balaban J connectivity index is 1.78. The molecular formula is C19H22N4O4S. The van der Waals surface area contributed by atoms with E-state index in [1.807, 2.05) is 0 Å². The number of benzene rings is 1. The molecule has 3 heterocycles. The highest BCUT2D eigenvalue weighted by atomic mass is 32.2. The molecule has 4 rings (SSSR count). The van der Waals surface area contributed by atoms with Crippen molar-refractivity contribution in [1.82, 2.24) is 15.3 Å². The van der Waals surface area contributed by atoms with Gasteiger partial charge in [0.25, 0.3) is 0 Å². The average molecular weight is 402 g/mol. The minimum Gasteiger partial charge on any atom is -0.493 e. The van der Waals surface area contributed by atoms with Crippen LogP contribution in [0.4, 0.5) is 5.82 Å². The first-order valence-electron chi connectivity index (χ1n) is 8.95. The van der Waals surface area contributed by atoms with Crippen LogP contribution in [0.5, 0.6) is 11.5 Å². The lowest BCUT2D eigenvalue weighted by molar-refractivity contribution is 0.354. The number of ether oxygens (including phenoxy) is 2. The van der Waals surface area contributed by atoms with Crippen molar-refractivity contribution < 1.29 is 17.9 Å². The number of pyridine rings is 1. The normalized spacial score (nSPS) is 15.0. The molecule has 0 atom stereocenters. The van der Waals surface area contributed by atoms with Crippen LogP contribution in [-0.2, 0) is 9.84 Å². The number of piperazine rings is 1. The molecule has 1 aliphatic heterocycles. The molecular weight excluding hydrogens is 380 g/mol. The number of aromatic amines is 1. The summed E-state index contributed by atoms with van der Waals surface area (Å²) in [5.74, 6) is 1.63. The minimum absolute atomic E-state index is 0.124. The molecule has 148 valence electrons. The molecule has 0 radical (unpaired) electrons. The number of fused-ring (bicyclic) bond motifs is 1. The molecule has 1 saturated heterocycles. The van der Waals surface area contributed by atoms with E-state index in [1.165, 1.54) is 26.4 Å². The summed E-state index contributed by atoms with van der Waals surface area (Å²) < 4.78 is 36.8. The highest BCUT2D eigenvalue weighted by Crippen LogP contribution is 2.34. The molecule has 1 aromatic carbocycles. The largest absolute Gasteiger partial charge is 0.493 e. The molecule has 0 bridgehead atoms. The zero-order valence-corrected chi connectivity index (χ0v) is 16.5. The van der Waals surface area contributed by atoms with Crippen molar-refractivity contribution in [3.05, 3.63) is 36.5 Å². The topological polar surface area (TPSA) is 96.5 Å². The summed E-state index contributed by atoms with van der Waals surface area (Å²) in [7, 11) is -0.773. The fraction of sp³-hybridized carbons (Fsp3) is 0.316. The van der Waals surface area contributed by atoms with Gasteiger partial charge in [0, 0.05) is 43.8 Å². The van der Waals surface area contributed by atoms with Crippen molar-refractivity contribution >= 4 is 26.6 Å². The van der Waals surface area contributed by atoms with Gasteiger partial charge in [-0.2, -0.15) is 0 Å². The van der Waals surface area contributed by atoms with Crippen LogP contribution in [0.25, 0.3) is 10.9 Å². The van der Waals surface area contributed by atoms with Crippen LogP contribution < -0.4 is 19.7 Å². The smallest absolute Gasteiger partial charge is 0.221 e. The monoisotopic (exact) mass is 402 g/mol. The van der Waals surface area contributed by atoms with Crippen molar-refractivity contribution in [1.29, 1.82) is 0 Å². The minimum atomic E-state index is -3.76. The lowest BCUT2D eigenvalue weighted by atomic mass is 10.2. The van der Waals surface area contributed by atoms with Gasteiger partial charge in [-0.25, -0.2) is 13.4 Å². The first-order chi connectivity index (χ1) is 13.5. The summed E-state index contributed by atoms with van der Waals surface area (Å²) in [5.41, 5.74) is 0.739. The SMILES string of the molecule is COc1ccc(S(=O)(=O)c2cc3c(N4CCNCC4)nccc3[nH]2)cc1OC. The molecule has 1 aliphatic rings. The first kappa shape index (κ1) is 18.6. The van der Waals surface area contributed by atoms with Crippen molar-refractivity contribution in [2.45, 2.75) is 9.92 Å². The highest BCUT2D eigenvalue weighted by Gasteiger charge is 2.24. The maximum absolute atomic E-state index is 13.2. The molecule has 2 aromatic heterocycles. The number of sulfone groups is 1. The highest BCUT2D eigenvalue weighted by molar-refractivity contribution is 7.91. The van der Waals surface area contributed by atoms with Gasteiger partial charge in [-0.15, -0.1) is 0 Å². The van der Waals surface area contributed by atoms with E-state index >= 15 is 0 Å². The number of H-pyrrole nitrogens is 1. The maximum atomic E-state index is 13.2. The Morgan fingerprint density at radius 2 is 1.79 bits per heavy atom. The zero-order valence-electron chi connectivity index (χ0n) is 15.7. The number of rotatable bonds is 5. The molecule has 9 heteroatoms. The Morgan fingerprint density at radius 1 is 1.04 bits per heavy atom. The van der Waals surface area contributed by atoms with Gasteiger partial charge >= 0.3 is 0 Å². The van der Waals surface area contributed by atoms with Crippen molar-refractivity contribution in [3.8, 4) is 11.5 Å². The van der Waals surface area contributed by atoms with Gasteiger partial charge in [-0.05, 0) is 24.3 Å². The van der Waals surface area contributed by atoms with E-state index in [-0.39, 0.29) is 9.92 Å². The van der Waals surface area contributed by atoms with Crippen LogP contribution in [0.15, 0.2) is 46.5 Å². The van der Waals surface area contributed by atoms with E-state index < -0.39 is 9.84 Å². The summed E-state index contributed by atoms with van der Waals surface area (Å²) >= 11 is 0. The molecule has 1 fully saturated rings. The molecule has 0 amide bonds. The van der Waals surface area contributed by atoms with Crippen LogP contribution in [0.2, 0.25) is 0 Å². The molecule has 0 aliphatic carbocycles. The third-order valence-corrected chi connectivity index (χ3v) is 6.55. The number of hydrogen-bond acceptors (Lipinski definition) is 7. The molecule has 3 aromatic rings. The Morgan fingerprint density at radius 3 is 2.50 bits per heavy atom. The number of nitrogens with zero attached hydrogens (tertiary/aromatic N) is 2. The average Bonchev–Trinajstić information content (AvgIpc) is 3.19. The van der Waals surface area contributed by atoms with E-state index in [4.69, 9.17) is 9.47 Å². The van der Waals surface area contributed by atoms with Crippen molar-refractivity contribution in [2.75, 3.05) is 45.3 Å². The molecule has 0 unspecified atom stereocenters. The molecule has 2 N–H and O–H groups in total. The van der Waals surface area contributed by atoms with E-state index in [2.05, 4.69) is 20.2 Å². The van der Waals surface area contributed by atoms with Gasteiger partial charge in [0.15, 0.2) is 11.5 Å². The van der Waals surface area contributed by atoms with Crippen LogP contribution >= 0.6 is 0 Å². The Bertz CT molecular complexity index is 1100. The Hall–Kier alpha value is -2.78. The second-order valence-corrected chi connectivity index (χ2v) is 8.40. The van der Waals surface area contributed by atoms with E-state index in [0.717, 1.165) is 42.9 Å². The van der Waals surface area contributed by atoms with Gasteiger partial charge in [0.1, 0.15) is 10.8 Å². The fourth-order valence-corrected chi connectivity index (χ4v) is 4.68. The number of nitrogens with one attached hydrogen (secondary N) is 2. The zero-order chi connectivity index (χ0) is 19.7. The van der Waals surface area contributed by atoms with Gasteiger partial charge in [-0.3, -0.25) is 0 Å². The predicted molar refractivity (Wildman–Crippen MR) is 106 cm³/mol. The van der Waals surface area contributed by atoms with Crippen LogP contribution in [0.1, 0.15) is 0 Å². The second-order valence-electron chi connectivity index (χ2n) is 6.49. The number of anilines is 1. The Kier molecular flexibility index (Phi) is 4.86. The lowest BCUT2D eigenvalue weighted by Crippen LogP contribution is -2.43. The van der Waals surface area contributed by atoms with Gasteiger partial charge in [-0.1, -0.05) is 0 Å². The molecule has 28 heavy (non-hydrogen) atoms. The van der Waals surface area contributed by atoms with Crippen molar-refractivity contribution in [2.24, 2.45) is 0 Å². The van der Waals surface area contributed by atoms with Gasteiger partial charge in [0.2, 0.25) is 9.84 Å². The third-order valence-electron chi connectivity index (χ3n) is 4.87. The second kappa shape index (κ2) is 7.33. The molecule has 0 spiro atoms. The first-order valence-corrected chi connectivity index (χ1v) is 10.4. The van der Waals surface area contributed by atoms with Gasteiger partial charge in [0.05, 0.1) is 24.6 Å². The van der Waals surface area contributed by atoms with E-state index in [1.54, 1.807) is 24.4 Å². The van der Waals surface area contributed by atoms with Crippen LogP contribution in [-0.4, -0.2) is 58.8 Å². The molecule has 0 saturated carbocycles. The van der Waals surface area contributed by atoms with Crippen LogP contribution in [0, 0.1) is 0 Å². The van der Waals surface area contributed by atoms with E-state index in [0.29, 0.717) is 11.5 Å². The third kappa shape index (κ3) is 3.16. The summed E-state index contributed by atoms with van der Waals surface area (Å²) in [6, 6.07) is 8.01. The summed E-state index contributed by atoms with van der Waals surface area (Å²) in [6.45, 7) is 3.41. The summed E-state index contributed by atoms with van der Waals surface area (Å²) in [5, 5.41) is 4.23. The maximum Gasteiger partial charge on any atom is 0.221 e. The standard InChI is InChI=1S/C19H22N4O4S/c1-26-16-4-3-13(11-17(16)27-2)28(24,25)18-12-14-15(22-18)5-6-21-19(14)23-9-7-20-8-10-23/h3-6,11-12,20,22H,7-10H2,1-2H3. The molecule has 8 nitrogen and oxygen atoms in total. The van der Waals surface area contributed by atoms with E-state index in [9.17, 15) is 8.42 Å². The van der Waals surface area contributed by atoms with Crippen LogP contribution in [0.3, 0.4) is 0 Å². The number of hydrogen-bond donors (Lipinski definition) is 2. The summed E-state index contributed by atoms with van der Waals surface area (Å²) in [6.07, 6.45) is 1.70. The van der Waals surface area contributed by atoms with Gasteiger partial charge < -0.3 is 24.7 Å². The fourth-order valence-electron chi connectivity index (χ4n) is 3.40. The quantitative estimate of drug-likeness (QED) is 0.672. The van der Waals surface area contributed by atoms with Crippen molar-refractivity contribution in [3.63, 3.8) is 0 Å². The number of aromatic nitrogens is 2. The summed E-state index contributed by atoms with van der Waals surface area (Å²) in [4.78, 5) is 9.83. The Labute approximate surface area is 163 Å². The number of methoxy groups -OCH3 is 2. The lowest BCUT2D eigenvalue weighted by Gasteiger charge is -2.28. The predicted octanol–water partition coefficient (Wildman–Crippen LogP) is 1.82.